The van der Waals surface area contributed by atoms with Gasteiger partial charge < -0.3 is 5.73 Å². The molecule has 0 bridgehead atoms. The van der Waals surface area contributed by atoms with E-state index in [1.54, 1.807) is 18.3 Å². The molecule has 2 amide bonds. The predicted octanol–water partition coefficient (Wildman–Crippen LogP) is 0.754. The van der Waals surface area contributed by atoms with Crippen LogP contribution in [-0.2, 0) is 0 Å². The Kier molecular flexibility index (Phi) is 2.06. The fourth-order valence-electron chi connectivity index (χ4n) is 0.625. The SMILES string of the molecule is [CH2]c1ccc(NC(N)=O)nc1. The van der Waals surface area contributed by atoms with E-state index in [2.05, 4.69) is 17.2 Å². The van der Waals surface area contributed by atoms with Crippen LogP contribution in [-0.4, -0.2) is 11.0 Å². The first-order valence-electron chi connectivity index (χ1n) is 3.03. The van der Waals surface area contributed by atoms with E-state index in [0.717, 1.165) is 5.56 Å². The van der Waals surface area contributed by atoms with Gasteiger partial charge in [-0.1, -0.05) is 6.07 Å². The molecule has 0 aliphatic rings. The van der Waals surface area contributed by atoms with Gasteiger partial charge in [-0.25, -0.2) is 9.78 Å². The highest BCUT2D eigenvalue weighted by atomic mass is 16.2. The lowest BCUT2D eigenvalue weighted by atomic mass is 10.3. The number of amides is 2. The van der Waals surface area contributed by atoms with Crippen LogP contribution in [0.15, 0.2) is 18.3 Å². The minimum Gasteiger partial charge on any atom is -0.351 e. The number of carbonyl (C=O) groups excluding carboxylic acids is 1. The molecular formula is C7H8N3O. The van der Waals surface area contributed by atoms with Gasteiger partial charge in [-0.05, 0) is 18.6 Å². The molecule has 57 valence electrons. The highest BCUT2D eigenvalue weighted by Crippen LogP contribution is 2.02. The van der Waals surface area contributed by atoms with Crippen molar-refractivity contribution in [3.63, 3.8) is 0 Å². The van der Waals surface area contributed by atoms with Crippen LogP contribution in [0, 0.1) is 6.92 Å². The molecule has 3 N–H and O–H groups in total. The van der Waals surface area contributed by atoms with Gasteiger partial charge in [0.1, 0.15) is 5.82 Å². The number of nitrogens with zero attached hydrogens (tertiary/aromatic N) is 1. The molecule has 1 heterocycles. The number of urea groups is 1. The van der Waals surface area contributed by atoms with Gasteiger partial charge in [-0.2, -0.15) is 0 Å². The van der Waals surface area contributed by atoms with Gasteiger partial charge in [-0.15, -0.1) is 0 Å². The van der Waals surface area contributed by atoms with Crippen molar-refractivity contribution in [2.75, 3.05) is 5.32 Å². The zero-order valence-corrected chi connectivity index (χ0v) is 5.87. The Morgan fingerprint density at radius 1 is 1.64 bits per heavy atom. The summed E-state index contributed by atoms with van der Waals surface area (Å²) in [5.74, 6) is 0.435. The number of nitrogens with one attached hydrogen (secondary N) is 1. The smallest absolute Gasteiger partial charge is 0.317 e. The third kappa shape index (κ3) is 2.25. The molecule has 0 spiro atoms. The summed E-state index contributed by atoms with van der Waals surface area (Å²) in [5, 5.41) is 2.33. The van der Waals surface area contributed by atoms with Crippen LogP contribution < -0.4 is 11.1 Å². The number of primary amides is 1. The minimum atomic E-state index is -0.616. The average molecular weight is 150 g/mol. The summed E-state index contributed by atoms with van der Waals surface area (Å²) in [4.78, 5) is 14.2. The zero-order chi connectivity index (χ0) is 8.27. The first kappa shape index (κ1) is 7.53. The average Bonchev–Trinajstić information content (AvgIpc) is 1.93. The zero-order valence-electron chi connectivity index (χ0n) is 5.87. The molecule has 1 aromatic heterocycles. The summed E-state index contributed by atoms with van der Waals surface area (Å²) in [6.45, 7) is 3.63. The molecule has 0 fully saturated rings. The number of carbonyl (C=O) groups is 1. The molecule has 0 aliphatic heterocycles. The lowest BCUT2D eigenvalue weighted by Gasteiger charge is -1.98. The molecule has 0 atom stereocenters. The molecule has 0 aliphatic carbocycles. The standard InChI is InChI=1S/C7H8N3O/c1-5-2-3-6(9-4-5)10-7(8)11/h2-4H,1H2,(H3,8,9,10,11). The Hall–Kier alpha value is -1.58. The summed E-state index contributed by atoms with van der Waals surface area (Å²) in [7, 11) is 0. The molecule has 0 saturated carbocycles. The molecule has 0 saturated heterocycles. The monoisotopic (exact) mass is 150 g/mol. The molecule has 1 aromatic rings. The predicted molar refractivity (Wildman–Crippen MR) is 41.9 cm³/mol. The maximum atomic E-state index is 10.3. The van der Waals surface area contributed by atoms with Crippen LogP contribution in [0.5, 0.6) is 0 Å². The highest BCUT2D eigenvalue weighted by molar-refractivity contribution is 5.86. The molecular weight excluding hydrogens is 142 g/mol. The first-order valence-corrected chi connectivity index (χ1v) is 3.03. The lowest BCUT2D eigenvalue weighted by Crippen LogP contribution is -2.19. The van der Waals surface area contributed by atoms with E-state index in [9.17, 15) is 4.79 Å². The third-order valence-corrected chi connectivity index (χ3v) is 1.08. The fourth-order valence-corrected chi connectivity index (χ4v) is 0.625. The van der Waals surface area contributed by atoms with Crippen LogP contribution in [0.2, 0.25) is 0 Å². The lowest BCUT2D eigenvalue weighted by molar-refractivity contribution is 0.259. The highest BCUT2D eigenvalue weighted by Gasteiger charge is 1.94. The van der Waals surface area contributed by atoms with Crippen LogP contribution in [0.4, 0.5) is 10.6 Å². The largest absolute Gasteiger partial charge is 0.351 e. The summed E-state index contributed by atoms with van der Waals surface area (Å²) < 4.78 is 0. The van der Waals surface area contributed by atoms with Crippen LogP contribution in [0.25, 0.3) is 0 Å². The second kappa shape index (κ2) is 3.01. The number of anilines is 1. The summed E-state index contributed by atoms with van der Waals surface area (Å²) >= 11 is 0. The number of hydrogen-bond donors (Lipinski definition) is 2. The van der Waals surface area contributed by atoms with Gasteiger partial charge in [0.15, 0.2) is 0 Å². The van der Waals surface area contributed by atoms with Gasteiger partial charge in [0.25, 0.3) is 0 Å². The second-order valence-corrected chi connectivity index (χ2v) is 2.04. The van der Waals surface area contributed by atoms with E-state index in [1.165, 1.54) is 0 Å². The Morgan fingerprint density at radius 2 is 2.36 bits per heavy atom. The van der Waals surface area contributed by atoms with Crippen molar-refractivity contribution in [1.82, 2.24) is 4.98 Å². The Balaban J connectivity index is 2.74. The van der Waals surface area contributed by atoms with E-state index in [0.29, 0.717) is 5.82 Å². The van der Waals surface area contributed by atoms with Crippen molar-refractivity contribution >= 4 is 11.8 Å². The van der Waals surface area contributed by atoms with E-state index in [-0.39, 0.29) is 0 Å². The molecule has 4 heteroatoms. The fraction of sp³-hybridized carbons (Fsp3) is 0. The quantitative estimate of drug-likeness (QED) is 0.620. The Bertz CT molecular complexity index is 255. The number of rotatable bonds is 1. The van der Waals surface area contributed by atoms with Crippen molar-refractivity contribution < 1.29 is 4.79 Å². The van der Waals surface area contributed by atoms with Crippen molar-refractivity contribution in [2.24, 2.45) is 5.73 Å². The van der Waals surface area contributed by atoms with Gasteiger partial charge in [-0.3, -0.25) is 5.32 Å². The molecule has 0 unspecified atom stereocenters. The van der Waals surface area contributed by atoms with E-state index < -0.39 is 6.03 Å². The van der Waals surface area contributed by atoms with Crippen molar-refractivity contribution in [2.45, 2.75) is 0 Å². The topological polar surface area (TPSA) is 68.0 Å². The maximum Gasteiger partial charge on any atom is 0.317 e. The van der Waals surface area contributed by atoms with Gasteiger partial charge in [0.05, 0.1) is 0 Å². The van der Waals surface area contributed by atoms with E-state index in [1.807, 2.05) is 0 Å². The third-order valence-electron chi connectivity index (χ3n) is 1.08. The molecule has 11 heavy (non-hydrogen) atoms. The van der Waals surface area contributed by atoms with Gasteiger partial charge in [0.2, 0.25) is 0 Å². The molecule has 1 rings (SSSR count). The van der Waals surface area contributed by atoms with Gasteiger partial charge >= 0.3 is 6.03 Å². The summed E-state index contributed by atoms with van der Waals surface area (Å²) in [6.07, 6.45) is 1.55. The number of nitrogens with two attached hydrogens (primary N) is 1. The Morgan fingerprint density at radius 3 is 2.82 bits per heavy atom. The van der Waals surface area contributed by atoms with Gasteiger partial charge in [0, 0.05) is 6.20 Å². The van der Waals surface area contributed by atoms with Crippen molar-refractivity contribution in [1.29, 1.82) is 0 Å². The van der Waals surface area contributed by atoms with Crippen LogP contribution in [0.1, 0.15) is 5.56 Å². The molecule has 1 radical (unpaired) electrons. The number of hydrogen-bond acceptors (Lipinski definition) is 2. The number of aromatic nitrogens is 1. The molecule has 4 nitrogen and oxygen atoms in total. The van der Waals surface area contributed by atoms with Crippen LogP contribution in [0.3, 0.4) is 0 Å². The van der Waals surface area contributed by atoms with E-state index >= 15 is 0 Å². The van der Waals surface area contributed by atoms with Crippen molar-refractivity contribution in [3.8, 4) is 0 Å². The normalized spacial score (nSPS) is 9.18. The summed E-state index contributed by atoms with van der Waals surface area (Å²) in [5.41, 5.74) is 5.65. The number of pyridine rings is 1. The van der Waals surface area contributed by atoms with Crippen LogP contribution >= 0.6 is 0 Å². The maximum absolute atomic E-state index is 10.3. The van der Waals surface area contributed by atoms with Crippen molar-refractivity contribution in [3.05, 3.63) is 30.8 Å². The van der Waals surface area contributed by atoms with E-state index in [4.69, 9.17) is 5.73 Å². The summed E-state index contributed by atoms with van der Waals surface area (Å²) in [6, 6.07) is 2.75. The molecule has 0 aromatic carbocycles. The second-order valence-electron chi connectivity index (χ2n) is 2.04. The Labute approximate surface area is 64.4 Å². The first-order chi connectivity index (χ1) is 5.18. The minimum absolute atomic E-state index is 0.435.